The van der Waals surface area contributed by atoms with Gasteiger partial charge in [-0.3, -0.25) is 9.59 Å². The number of carboxylic acids is 1. The molecule has 0 saturated heterocycles. The van der Waals surface area contributed by atoms with Crippen LogP contribution in [0.4, 0.5) is 0 Å². The Morgan fingerprint density at radius 2 is 1.96 bits per heavy atom. The molecule has 1 atom stereocenters. The molecule has 7 heteroatoms. The lowest BCUT2D eigenvalue weighted by Gasteiger charge is -2.18. The largest absolute Gasteiger partial charge is 0.493 e. The second-order valence-corrected chi connectivity index (χ2v) is 4.75. The summed E-state index contributed by atoms with van der Waals surface area (Å²) in [5.74, 6) is -0.471. The molecule has 2 aromatic rings. The molecular weight excluding hydrogens is 302 g/mol. The standard InChI is InChI=1S/C16H17NO6/c1-21-13-4-3-10(7-14(13)22-2)12(8-15(18)19)17-16(20)11-5-6-23-9-11/h3-7,9,12H,8H2,1-2H3,(H,17,20)(H,18,19). The number of amides is 1. The molecule has 0 bridgehead atoms. The lowest BCUT2D eigenvalue weighted by Crippen LogP contribution is -2.30. The van der Waals surface area contributed by atoms with Crippen molar-refractivity contribution >= 4 is 11.9 Å². The first-order chi connectivity index (χ1) is 11.0. The smallest absolute Gasteiger partial charge is 0.305 e. The molecule has 1 heterocycles. The highest BCUT2D eigenvalue weighted by atomic mass is 16.5. The van der Waals surface area contributed by atoms with E-state index in [9.17, 15) is 9.59 Å². The van der Waals surface area contributed by atoms with Gasteiger partial charge in [0.25, 0.3) is 5.91 Å². The second-order valence-electron chi connectivity index (χ2n) is 4.75. The predicted molar refractivity (Wildman–Crippen MR) is 80.7 cm³/mol. The van der Waals surface area contributed by atoms with Gasteiger partial charge < -0.3 is 24.3 Å². The molecule has 0 saturated carbocycles. The number of hydrogen-bond donors (Lipinski definition) is 2. The van der Waals surface area contributed by atoms with Crippen LogP contribution in [-0.4, -0.2) is 31.2 Å². The van der Waals surface area contributed by atoms with Crippen LogP contribution < -0.4 is 14.8 Å². The number of nitrogens with one attached hydrogen (secondary N) is 1. The topological polar surface area (TPSA) is 98.0 Å². The Kier molecular flexibility index (Phi) is 5.24. The average Bonchev–Trinajstić information content (AvgIpc) is 3.07. The number of carbonyl (C=O) groups is 2. The molecule has 2 N–H and O–H groups in total. The van der Waals surface area contributed by atoms with E-state index in [1.165, 1.54) is 32.8 Å². The van der Waals surface area contributed by atoms with Crippen LogP contribution in [0.3, 0.4) is 0 Å². The van der Waals surface area contributed by atoms with Crippen LogP contribution >= 0.6 is 0 Å². The van der Waals surface area contributed by atoms with Crippen LogP contribution in [0.5, 0.6) is 11.5 Å². The van der Waals surface area contributed by atoms with E-state index in [0.717, 1.165) is 0 Å². The zero-order valence-electron chi connectivity index (χ0n) is 12.7. The minimum atomic E-state index is -1.03. The van der Waals surface area contributed by atoms with E-state index in [0.29, 0.717) is 22.6 Å². The molecule has 7 nitrogen and oxygen atoms in total. The maximum Gasteiger partial charge on any atom is 0.305 e. The SMILES string of the molecule is COc1ccc(C(CC(=O)O)NC(=O)c2ccoc2)cc1OC. The summed E-state index contributed by atoms with van der Waals surface area (Å²) in [6.45, 7) is 0. The first kappa shape index (κ1) is 16.4. The fourth-order valence-electron chi connectivity index (χ4n) is 2.13. The molecule has 0 aliphatic carbocycles. The van der Waals surface area contributed by atoms with Gasteiger partial charge in [-0.15, -0.1) is 0 Å². The molecule has 122 valence electrons. The van der Waals surface area contributed by atoms with E-state index in [1.807, 2.05) is 0 Å². The van der Waals surface area contributed by atoms with Gasteiger partial charge in [0, 0.05) is 0 Å². The molecule has 0 spiro atoms. The summed E-state index contributed by atoms with van der Waals surface area (Å²) in [6, 6.07) is 5.77. The van der Waals surface area contributed by atoms with Crippen molar-refractivity contribution in [3.05, 3.63) is 47.9 Å². The number of benzene rings is 1. The van der Waals surface area contributed by atoms with Gasteiger partial charge in [0.05, 0.1) is 38.5 Å². The van der Waals surface area contributed by atoms with Crippen molar-refractivity contribution in [2.75, 3.05) is 14.2 Å². The third-order valence-electron chi connectivity index (χ3n) is 3.28. The molecule has 2 rings (SSSR count). The van der Waals surface area contributed by atoms with Gasteiger partial charge in [-0.1, -0.05) is 6.07 Å². The van der Waals surface area contributed by atoms with Crippen molar-refractivity contribution in [2.24, 2.45) is 0 Å². The van der Waals surface area contributed by atoms with Gasteiger partial charge in [-0.05, 0) is 23.8 Å². The van der Waals surface area contributed by atoms with E-state index in [-0.39, 0.29) is 6.42 Å². The van der Waals surface area contributed by atoms with Crippen molar-refractivity contribution < 1.29 is 28.6 Å². The first-order valence-corrected chi connectivity index (χ1v) is 6.82. The van der Waals surface area contributed by atoms with Crippen LogP contribution in [0.1, 0.15) is 28.4 Å². The van der Waals surface area contributed by atoms with Crippen molar-refractivity contribution in [2.45, 2.75) is 12.5 Å². The molecule has 0 fully saturated rings. The number of aliphatic carboxylic acids is 1. The van der Waals surface area contributed by atoms with E-state index in [2.05, 4.69) is 5.32 Å². The van der Waals surface area contributed by atoms with Crippen LogP contribution in [0, 0.1) is 0 Å². The lowest BCUT2D eigenvalue weighted by molar-refractivity contribution is -0.137. The quantitative estimate of drug-likeness (QED) is 0.812. The first-order valence-electron chi connectivity index (χ1n) is 6.82. The third kappa shape index (κ3) is 4.03. The summed E-state index contributed by atoms with van der Waals surface area (Å²) in [5, 5.41) is 11.8. The Morgan fingerprint density at radius 3 is 2.52 bits per heavy atom. The van der Waals surface area contributed by atoms with Crippen LogP contribution in [0.15, 0.2) is 41.2 Å². The molecule has 1 aromatic heterocycles. The predicted octanol–water partition coefficient (Wildman–Crippen LogP) is 2.24. The number of carboxylic acid groups (broad SMARTS) is 1. The Labute approximate surface area is 132 Å². The Bertz CT molecular complexity index is 680. The summed E-state index contributed by atoms with van der Waals surface area (Å²) in [5.41, 5.74) is 0.919. The maximum atomic E-state index is 12.1. The van der Waals surface area contributed by atoms with E-state index >= 15 is 0 Å². The van der Waals surface area contributed by atoms with Crippen molar-refractivity contribution in [3.63, 3.8) is 0 Å². The summed E-state index contributed by atoms with van der Waals surface area (Å²) >= 11 is 0. The fourth-order valence-corrected chi connectivity index (χ4v) is 2.13. The fraction of sp³-hybridized carbons (Fsp3) is 0.250. The maximum absolute atomic E-state index is 12.1. The zero-order chi connectivity index (χ0) is 16.8. The van der Waals surface area contributed by atoms with E-state index in [4.69, 9.17) is 19.0 Å². The number of carbonyl (C=O) groups excluding carboxylic acids is 1. The molecule has 1 unspecified atom stereocenters. The Balaban J connectivity index is 2.27. The normalized spacial score (nSPS) is 11.6. The summed E-state index contributed by atoms with van der Waals surface area (Å²) < 4.78 is 15.2. The highest BCUT2D eigenvalue weighted by Gasteiger charge is 2.21. The number of ether oxygens (including phenoxy) is 2. The molecule has 1 amide bonds. The minimum absolute atomic E-state index is 0.265. The van der Waals surface area contributed by atoms with Crippen molar-refractivity contribution in [3.8, 4) is 11.5 Å². The highest BCUT2D eigenvalue weighted by molar-refractivity contribution is 5.94. The third-order valence-corrected chi connectivity index (χ3v) is 3.28. The summed E-state index contributed by atoms with van der Waals surface area (Å²) in [7, 11) is 2.99. The van der Waals surface area contributed by atoms with E-state index < -0.39 is 17.9 Å². The lowest BCUT2D eigenvalue weighted by atomic mass is 10.0. The van der Waals surface area contributed by atoms with Crippen molar-refractivity contribution in [1.29, 1.82) is 0 Å². The van der Waals surface area contributed by atoms with Gasteiger partial charge in [0.15, 0.2) is 11.5 Å². The average molecular weight is 319 g/mol. The van der Waals surface area contributed by atoms with Crippen LogP contribution in [0.25, 0.3) is 0 Å². The number of methoxy groups -OCH3 is 2. The number of furan rings is 1. The van der Waals surface area contributed by atoms with Crippen LogP contribution in [-0.2, 0) is 4.79 Å². The molecular formula is C16H17NO6. The molecule has 23 heavy (non-hydrogen) atoms. The zero-order valence-corrected chi connectivity index (χ0v) is 12.7. The monoisotopic (exact) mass is 319 g/mol. The molecule has 1 aromatic carbocycles. The van der Waals surface area contributed by atoms with Gasteiger partial charge in [-0.25, -0.2) is 0 Å². The summed E-state index contributed by atoms with van der Waals surface area (Å²) in [4.78, 5) is 23.2. The minimum Gasteiger partial charge on any atom is -0.493 e. The highest BCUT2D eigenvalue weighted by Crippen LogP contribution is 2.31. The molecule has 0 radical (unpaired) electrons. The van der Waals surface area contributed by atoms with Gasteiger partial charge >= 0.3 is 5.97 Å². The van der Waals surface area contributed by atoms with Gasteiger partial charge in [-0.2, -0.15) is 0 Å². The van der Waals surface area contributed by atoms with Gasteiger partial charge in [0.1, 0.15) is 6.26 Å². The molecule has 0 aliphatic rings. The summed E-state index contributed by atoms with van der Waals surface area (Å²) in [6.07, 6.45) is 2.40. The number of rotatable bonds is 7. The van der Waals surface area contributed by atoms with Gasteiger partial charge in [0.2, 0.25) is 0 Å². The number of hydrogen-bond acceptors (Lipinski definition) is 5. The Morgan fingerprint density at radius 1 is 1.22 bits per heavy atom. The molecule has 0 aliphatic heterocycles. The van der Waals surface area contributed by atoms with E-state index in [1.54, 1.807) is 18.2 Å². The van der Waals surface area contributed by atoms with Crippen LogP contribution in [0.2, 0.25) is 0 Å². The second kappa shape index (κ2) is 7.35. The van der Waals surface area contributed by atoms with Crippen molar-refractivity contribution in [1.82, 2.24) is 5.32 Å². The Hall–Kier alpha value is -2.96.